The summed E-state index contributed by atoms with van der Waals surface area (Å²) in [5.41, 5.74) is 3.68. The van der Waals surface area contributed by atoms with Gasteiger partial charge in [-0.25, -0.2) is 4.68 Å². The van der Waals surface area contributed by atoms with Gasteiger partial charge in [-0.3, -0.25) is 4.79 Å². The number of ether oxygens (including phenoxy) is 1. The summed E-state index contributed by atoms with van der Waals surface area (Å²) in [6.07, 6.45) is 6.53. The van der Waals surface area contributed by atoms with E-state index in [0.717, 1.165) is 47.8 Å². The van der Waals surface area contributed by atoms with E-state index in [4.69, 9.17) is 9.84 Å². The van der Waals surface area contributed by atoms with Crippen molar-refractivity contribution in [3.8, 4) is 22.7 Å². The molecule has 0 N–H and O–H groups in total. The minimum absolute atomic E-state index is 0.0504. The molecule has 4 rings (SSSR count). The number of aromatic nitrogens is 2. The third kappa shape index (κ3) is 3.62. The van der Waals surface area contributed by atoms with E-state index < -0.39 is 0 Å². The van der Waals surface area contributed by atoms with Gasteiger partial charge >= 0.3 is 0 Å². The van der Waals surface area contributed by atoms with Crippen LogP contribution in [-0.2, 0) is 4.79 Å². The maximum Gasteiger partial charge on any atom is 0.246 e. The second-order valence-corrected chi connectivity index (χ2v) is 6.45. The number of benzene rings is 2. The number of nitrogens with zero attached hydrogens (tertiary/aromatic N) is 3. The zero-order chi connectivity index (χ0) is 18.6. The topological polar surface area (TPSA) is 47.4 Å². The van der Waals surface area contributed by atoms with Crippen LogP contribution in [0, 0.1) is 0 Å². The molecule has 0 spiro atoms. The molecule has 5 nitrogen and oxygen atoms in total. The fourth-order valence-corrected chi connectivity index (χ4v) is 3.00. The minimum atomic E-state index is 0.0504. The lowest BCUT2D eigenvalue weighted by Gasteiger charge is -2.29. The van der Waals surface area contributed by atoms with Crippen molar-refractivity contribution in [2.45, 2.75) is 6.42 Å². The lowest BCUT2D eigenvalue weighted by atomic mass is 10.1. The number of para-hydroxylation sites is 1. The van der Waals surface area contributed by atoms with Crippen LogP contribution in [0.4, 0.5) is 0 Å². The number of hydrogen-bond donors (Lipinski definition) is 0. The molecule has 0 bridgehead atoms. The predicted molar refractivity (Wildman–Crippen MR) is 106 cm³/mol. The van der Waals surface area contributed by atoms with E-state index in [0.29, 0.717) is 0 Å². The molecule has 1 aliphatic rings. The summed E-state index contributed by atoms with van der Waals surface area (Å²) in [4.78, 5) is 14.0. The van der Waals surface area contributed by atoms with Gasteiger partial charge in [-0.1, -0.05) is 18.2 Å². The summed E-state index contributed by atoms with van der Waals surface area (Å²) in [5.74, 6) is 0.848. The third-order valence-corrected chi connectivity index (χ3v) is 4.70. The molecule has 1 saturated heterocycles. The van der Waals surface area contributed by atoms with Gasteiger partial charge in [0.15, 0.2) is 0 Å². The Hall–Kier alpha value is -3.34. The standard InChI is InChI=1S/C22H21N3O2/c1-27-20-11-8-17(9-12-20)22-18(10-13-21(26)24-14-5-15-24)16-25(23-22)19-6-3-2-4-7-19/h2-4,6-13,16H,5,14-15H2,1H3/b13-10+. The quantitative estimate of drug-likeness (QED) is 0.651. The Kier molecular flexibility index (Phi) is 4.75. The van der Waals surface area contributed by atoms with Crippen molar-refractivity contribution >= 4 is 12.0 Å². The van der Waals surface area contributed by atoms with Gasteiger partial charge < -0.3 is 9.64 Å². The molecule has 0 saturated carbocycles. The molecule has 136 valence electrons. The van der Waals surface area contributed by atoms with Gasteiger partial charge in [0.2, 0.25) is 5.91 Å². The van der Waals surface area contributed by atoms with Crippen LogP contribution in [0.1, 0.15) is 12.0 Å². The third-order valence-electron chi connectivity index (χ3n) is 4.70. The average molecular weight is 359 g/mol. The summed E-state index contributed by atoms with van der Waals surface area (Å²) >= 11 is 0. The highest BCUT2D eigenvalue weighted by atomic mass is 16.5. The number of methoxy groups -OCH3 is 1. The number of carbonyl (C=O) groups is 1. The van der Waals surface area contributed by atoms with E-state index in [1.54, 1.807) is 13.2 Å². The first kappa shape index (κ1) is 17.1. The van der Waals surface area contributed by atoms with Crippen LogP contribution in [0.25, 0.3) is 23.0 Å². The molecule has 0 radical (unpaired) electrons. The maximum atomic E-state index is 12.2. The molecule has 1 amide bonds. The molecule has 1 fully saturated rings. The highest BCUT2D eigenvalue weighted by Crippen LogP contribution is 2.27. The van der Waals surface area contributed by atoms with Gasteiger partial charge in [0.05, 0.1) is 18.5 Å². The monoisotopic (exact) mass is 359 g/mol. The Labute approximate surface area is 158 Å². The van der Waals surface area contributed by atoms with Crippen LogP contribution in [0.3, 0.4) is 0 Å². The number of hydrogen-bond acceptors (Lipinski definition) is 3. The van der Waals surface area contributed by atoms with Gasteiger partial charge in [0.25, 0.3) is 0 Å². The van der Waals surface area contributed by atoms with E-state index in [1.165, 1.54) is 0 Å². The van der Waals surface area contributed by atoms with Crippen molar-refractivity contribution in [2.75, 3.05) is 20.2 Å². The summed E-state index contributed by atoms with van der Waals surface area (Å²) < 4.78 is 7.08. The molecule has 0 atom stereocenters. The van der Waals surface area contributed by atoms with Crippen LogP contribution >= 0.6 is 0 Å². The summed E-state index contributed by atoms with van der Waals surface area (Å²) in [6.45, 7) is 1.69. The molecule has 1 aliphatic heterocycles. The van der Waals surface area contributed by atoms with Crippen molar-refractivity contribution in [2.24, 2.45) is 0 Å². The maximum absolute atomic E-state index is 12.2. The summed E-state index contributed by atoms with van der Waals surface area (Å²) in [5, 5.41) is 4.76. The van der Waals surface area contributed by atoms with E-state index in [-0.39, 0.29) is 5.91 Å². The van der Waals surface area contributed by atoms with Gasteiger partial charge in [-0.15, -0.1) is 0 Å². The normalized spacial score (nSPS) is 13.6. The molecule has 0 aliphatic carbocycles. The van der Waals surface area contributed by atoms with Gasteiger partial charge in [0, 0.05) is 36.5 Å². The largest absolute Gasteiger partial charge is 0.497 e. The fourth-order valence-electron chi connectivity index (χ4n) is 3.00. The Morgan fingerprint density at radius 1 is 1.07 bits per heavy atom. The highest BCUT2D eigenvalue weighted by Gasteiger charge is 2.18. The Morgan fingerprint density at radius 3 is 2.44 bits per heavy atom. The van der Waals surface area contributed by atoms with Crippen molar-refractivity contribution in [3.05, 3.63) is 72.4 Å². The minimum Gasteiger partial charge on any atom is -0.497 e. The van der Waals surface area contributed by atoms with Crippen LogP contribution in [0.5, 0.6) is 5.75 Å². The van der Waals surface area contributed by atoms with Crippen molar-refractivity contribution in [1.29, 1.82) is 0 Å². The second kappa shape index (κ2) is 7.50. The molecule has 2 heterocycles. The zero-order valence-corrected chi connectivity index (χ0v) is 15.2. The molecule has 0 unspecified atom stereocenters. The number of amides is 1. The summed E-state index contributed by atoms with van der Waals surface area (Å²) in [7, 11) is 1.65. The molecule has 27 heavy (non-hydrogen) atoms. The van der Waals surface area contributed by atoms with Crippen LogP contribution in [0.2, 0.25) is 0 Å². The first-order chi connectivity index (χ1) is 13.2. The van der Waals surface area contributed by atoms with Crippen LogP contribution in [-0.4, -0.2) is 40.8 Å². The second-order valence-electron chi connectivity index (χ2n) is 6.45. The molecule has 3 aromatic rings. The first-order valence-corrected chi connectivity index (χ1v) is 9.01. The lowest BCUT2D eigenvalue weighted by Crippen LogP contribution is -2.40. The number of rotatable bonds is 5. The summed E-state index contributed by atoms with van der Waals surface area (Å²) in [6, 6.07) is 17.7. The SMILES string of the molecule is COc1ccc(-c2nn(-c3ccccc3)cc2/C=C/C(=O)N2CCC2)cc1. The average Bonchev–Trinajstić information content (AvgIpc) is 3.10. The van der Waals surface area contributed by atoms with Gasteiger partial charge in [-0.05, 0) is 48.9 Å². The molecule has 1 aromatic heterocycles. The molecule has 5 heteroatoms. The first-order valence-electron chi connectivity index (χ1n) is 9.01. The van der Waals surface area contributed by atoms with Gasteiger partial charge in [0.1, 0.15) is 5.75 Å². The van der Waals surface area contributed by atoms with Gasteiger partial charge in [-0.2, -0.15) is 5.10 Å². The fraction of sp³-hybridized carbons (Fsp3) is 0.182. The zero-order valence-electron chi connectivity index (χ0n) is 15.2. The Balaban J connectivity index is 1.71. The predicted octanol–water partition coefficient (Wildman–Crippen LogP) is 3.79. The molecular formula is C22H21N3O2. The smallest absolute Gasteiger partial charge is 0.246 e. The van der Waals surface area contributed by atoms with E-state index in [2.05, 4.69) is 0 Å². The Morgan fingerprint density at radius 2 is 1.81 bits per heavy atom. The van der Waals surface area contributed by atoms with Crippen molar-refractivity contribution < 1.29 is 9.53 Å². The van der Waals surface area contributed by atoms with Crippen LogP contribution in [0.15, 0.2) is 66.9 Å². The van der Waals surface area contributed by atoms with Crippen molar-refractivity contribution in [3.63, 3.8) is 0 Å². The molecular weight excluding hydrogens is 338 g/mol. The number of likely N-dealkylation sites (tertiary alicyclic amines) is 1. The van der Waals surface area contributed by atoms with E-state index in [9.17, 15) is 4.79 Å². The highest BCUT2D eigenvalue weighted by molar-refractivity contribution is 5.93. The van der Waals surface area contributed by atoms with Crippen LogP contribution < -0.4 is 4.74 Å². The van der Waals surface area contributed by atoms with E-state index >= 15 is 0 Å². The van der Waals surface area contributed by atoms with E-state index in [1.807, 2.05) is 76.5 Å². The Bertz CT molecular complexity index is 955. The lowest BCUT2D eigenvalue weighted by molar-refractivity contribution is -0.129. The molecule has 2 aromatic carbocycles. The van der Waals surface area contributed by atoms with Crippen molar-refractivity contribution in [1.82, 2.24) is 14.7 Å². The number of carbonyl (C=O) groups excluding carboxylic acids is 1.